The van der Waals surface area contributed by atoms with Crippen LogP contribution in [0, 0.1) is 5.92 Å². The Hall–Kier alpha value is -1.70. The topological polar surface area (TPSA) is 110 Å². The summed E-state index contributed by atoms with van der Waals surface area (Å²) in [4.78, 5) is 12.2. The van der Waals surface area contributed by atoms with Crippen LogP contribution in [0.3, 0.4) is 0 Å². The van der Waals surface area contributed by atoms with Crippen LogP contribution in [0.2, 0.25) is 5.15 Å². The number of hydrogen-bond donors (Lipinski definition) is 3. The van der Waals surface area contributed by atoms with Crippen molar-refractivity contribution in [1.82, 2.24) is 19.5 Å². The van der Waals surface area contributed by atoms with Crippen LogP contribution in [0.15, 0.2) is 18.5 Å². The van der Waals surface area contributed by atoms with E-state index in [0.29, 0.717) is 16.7 Å². The highest BCUT2D eigenvalue weighted by Crippen LogP contribution is 2.47. The van der Waals surface area contributed by atoms with Gasteiger partial charge in [-0.1, -0.05) is 25.1 Å². The summed E-state index contributed by atoms with van der Waals surface area (Å²) >= 11 is 6.01. The van der Waals surface area contributed by atoms with Crippen molar-refractivity contribution in [1.29, 1.82) is 0 Å². The third-order valence-corrected chi connectivity index (χ3v) is 4.62. The lowest BCUT2D eigenvalue weighted by atomic mass is 9.91. The molecule has 0 saturated heterocycles. The van der Waals surface area contributed by atoms with E-state index >= 15 is 0 Å². The summed E-state index contributed by atoms with van der Waals surface area (Å²) in [6, 6.07) is -0.571. The minimum atomic E-state index is -1.20. The fraction of sp³-hybridized carbons (Fsp3) is 0.462. The maximum absolute atomic E-state index is 10.8. The first kappa shape index (κ1) is 14.2. The number of fused-ring (bicyclic) bond motifs is 1. The molecule has 112 valence electrons. The summed E-state index contributed by atoms with van der Waals surface area (Å²) in [5, 5.41) is 21.1. The number of anilines is 1. The molecule has 4 atom stereocenters. The molecule has 0 amide bonds. The van der Waals surface area contributed by atoms with Crippen LogP contribution in [0.25, 0.3) is 11.2 Å². The lowest BCUT2D eigenvalue weighted by Crippen LogP contribution is -2.37. The molecule has 21 heavy (non-hydrogen) atoms. The molecule has 0 aliphatic heterocycles. The largest absolute Gasteiger partial charge is 0.388 e. The third-order valence-electron chi connectivity index (χ3n) is 4.35. The molecule has 4 N–H and O–H groups in total. The Labute approximate surface area is 126 Å². The first-order valence-electron chi connectivity index (χ1n) is 6.49. The Morgan fingerprint density at radius 2 is 2.14 bits per heavy atom. The number of aromatic nitrogens is 4. The number of hydrogen-bond acceptors (Lipinski definition) is 6. The van der Waals surface area contributed by atoms with Gasteiger partial charge in [0.1, 0.15) is 5.52 Å². The normalized spacial score (nSPS) is 33.0. The van der Waals surface area contributed by atoms with Crippen LogP contribution in [-0.2, 0) is 0 Å². The van der Waals surface area contributed by atoms with E-state index in [-0.39, 0.29) is 17.0 Å². The molecule has 0 spiro atoms. The molecule has 0 unspecified atom stereocenters. The molecule has 1 saturated carbocycles. The molecule has 3 rings (SSSR count). The molecule has 1 aliphatic carbocycles. The van der Waals surface area contributed by atoms with Crippen molar-refractivity contribution < 1.29 is 10.2 Å². The van der Waals surface area contributed by atoms with E-state index < -0.39 is 17.7 Å². The zero-order valence-electron chi connectivity index (χ0n) is 11.7. The van der Waals surface area contributed by atoms with Gasteiger partial charge in [0.05, 0.1) is 24.1 Å². The molecule has 1 aliphatic rings. The van der Waals surface area contributed by atoms with Crippen LogP contribution in [0.1, 0.15) is 19.9 Å². The average Bonchev–Trinajstić information content (AvgIpc) is 2.85. The van der Waals surface area contributed by atoms with Crippen LogP contribution < -0.4 is 5.73 Å². The maximum Gasteiger partial charge on any atom is 0.223 e. The van der Waals surface area contributed by atoms with Crippen molar-refractivity contribution in [2.45, 2.75) is 31.6 Å². The summed E-state index contributed by atoms with van der Waals surface area (Å²) in [6.07, 6.45) is 0.692. The molecular formula is C13H16ClN5O2. The number of imidazole rings is 1. The van der Waals surface area contributed by atoms with Gasteiger partial charge >= 0.3 is 0 Å². The Balaban J connectivity index is 2.23. The van der Waals surface area contributed by atoms with E-state index in [1.165, 1.54) is 6.33 Å². The first-order chi connectivity index (χ1) is 9.75. The number of aliphatic hydroxyl groups is 2. The monoisotopic (exact) mass is 309 g/mol. The van der Waals surface area contributed by atoms with Gasteiger partial charge in [-0.3, -0.25) is 0 Å². The van der Waals surface area contributed by atoms with Crippen molar-refractivity contribution in [3.63, 3.8) is 0 Å². The molecule has 2 heterocycles. The molecule has 1 fully saturated rings. The zero-order chi connectivity index (χ0) is 15.5. The molecule has 2 aromatic rings. The summed E-state index contributed by atoms with van der Waals surface area (Å²) in [5.74, 6) is -0.354. The SMILES string of the molecule is C=C1[C@H](O)[C@@H](C)[C@@](C)(O)[C@@H]1n1cnc2c(Cl)nc(N)nc21. The minimum Gasteiger partial charge on any atom is -0.388 e. The smallest absolute Gasteiger partial charge is 0.223 e. The zero-order valence-corrected chi connectivity index (χ0v) is 12.4. The van der Waals surface area contributed by atoms with Gasteiger partial charge in [-0.05, 0) is 12.5 Å². The van der Waals surface area contributed by atoms with Crippen molar-refractivity contribution in [2.75, 3.05) is 5.73 Å². The maximum atomic E-state index is 10.8. The van der Waals surface area contributed by atoms with Gasteiger partial charge in [-0.2, -0.15) is 9.97 Å². The van der Waals surface area contributed by atoms with Crippen molar-refractivity contribution in [3.8, 4) is 0 Å². The Kier molecular flexibility index (Phi) is 2.98. The molecule has 8 heteroatoms. The Morgan fingerprint density at radius 1 is 1.48 bits per heavy atom. The second-order valence-electron chi connectivity index (χ2n) is 5.63. The molecule has 2 aromatic heterocycles. The van der Waals surface area contributed by atoms with Gasteiger partial charge in [0.25, 0.3) is 0 Å². The predicted octanol–water partition coefficient (Wildman–Crippen LogP) is 0.921. The number of rotatable bonds is 1. The van der Waals surface area contributed by atoms with E-state index in [0.717, 1.165) is 0 Å². The summed E-state index contributed by atoms with van der Waals surface area (Å²) < 4.78 is 1.63. The quantitative estimate of drug-likeness (QED) is 0.534. The Morgan fingerprint density at radius 3 is 2.71 bits per heavy atom. The fourth-order valence-electron chi connectivity index (χ4n) is 2.97. The number of nitrogen functional groups attached to an aromatic ring is 1. The summed E-state index contributed by atoms with van der Waals surface area (Å²) in [6.45, 7) is 7.33. The molecule has 0 aromatic carbocycles. The highest BCUT2D eigenvalue weighted by molar-refractivity contribution is 6.33. The second kappa shape index (κ2) is 4.40. The number of nitrogens with zero attached hydrogens (tertiary/aromatic N) is 4. The third kappa shape index (κ3) is 1.85. The lowest BCUT2D eigenvalue weighted by Gasteiger charge is -2.30. The van der Waals surface area contributed by atoms with Crippen LogP contribution in [0.4, 0.5) is 5.95 Å². The average molecular weight is 310 g/mol. The number of aliphatic hydroxyl groups excluding tert-OH is 1. The van der Waals surface area contributed by atoms with Crippen molar-refractivity contribution in [2.24, 2.45) is 5.92 Å². The van der Waals surface area contributed by atoms with Gasteiger partial charge in [-0.25, -0.2) is 4.98 Å². The number of halogens is 1. The van der Waals surface area contributed by atoms with Crippen LogP contribution in [0.5, 0.6) is 0 Å². The predicted molar refractivity (Wildman–Crippen MR) is 78.7 cm³/mol. The molecule has 7 nitrogen and oxygen atoms in total. The minimum absolute atomic E-state index is 0.0195. The van der Waals surface area contributed by atoms with Gasteiger partial charge in [0.2, 0.25) is 5.95 Å². The Bertz CT molecular complexity index is 741. The molecule has 0 radical (unpaired) electrons. The lowest BCUT2D eigenvalue weighted by molar-refractivity contribution is -0.0244. The number of nitrogens with two attached hydrogens (primary N) is 1. The van der Waals surface area contributed by atoms with Gasteiger partial charge in [0, 0.05) is 5.92 Å². The van der Waals surface area contributed by atoms with E-state index in [1.54, 1.807) is 18.4 Å². The van der Waals surface area contributed by atoms with E-state index in [9.17, 15) is 10.2 Å². The van der Waals surface area contributed by atoms with Gasteiger partial charge in [-0.15, -0.1) is 0 Å². The van der Waals surface area contributed by atoms with E-state index in [2.05, 4.69) is 21.5 Å². The van der Waals surface area contributed by atoms with E-state index in [1.807, 2.05) is 0 Å². The standard InChI is InChI=1S/C13H16ClN5O2/c1-5-8(20)6(2)13(3,21)9(5)19-4-16-7-10(14)17-12(15)18-11(7)19/h4,6,8-9,20-21H,1H2,2-3H3,(H2,15,17,18)/t6-,8+,9-,13-/m1/s1. The van der Waals surface area contributed by atoms with Gasteiger partial charge < -0.3 is 20.5 Å². The molecular weight excluding hydrogens is 294 g/mol. The van der Waals surface area contributed by atoms with Crippen LogP contribution >= 0.6 is 11.6 Å². The first-order valence-corrected chi connectivity index (χ1v) is 6.87. The molecule has 0 bridgehead atoms. The van der Waals surface area contributed by atoms with Crippen molar-refractivity contribution >= 4 is 28.7 Å². The van der Waals surface area contributed by atoms with Crippen molar-refractivity contribution in [3.05, 3.63) is 23.6 Å². The van der Waals surface area contributed by atoms with E-state index in [4.69, 9.17) is 17.3 Å². The summed E-state index contributed by atoms with van der Waals surface area (Å²) in [5.41, 5.74) is 5.72. The highest BCUT2D eigenvalue weighted by Gasteiger charge is 2.52. The van der Waals surface area contributed by atoms with Crippen LogP contribution in [-0.4, -0.2) is 41.4 Å². The fourth-order valence-corrected chi connectivity index (χ4v) is 3.19. The highest BCUT2D eigenvalue weighted by atomic mass is 35.5. The second-order valence-corrected chi connectivity index (χ2v) is 5.99. The van der Waals surface area contributed by atoms with Gasteiger partial charge in [0.15, 0.2) is 10.8 Å². The summed E-state index contributed by atoms with van der Waals surface area (Å²) in [7, 11) is 0.